The molecule has 0 atom stereocenters. The number of carboxylic acid groups (broad SMARTS) is 1. The highest BCUT2D eigenvalue weighted by Crippen LogP contribution is 2.15. The number of rotatable bonds is 4. The molecule has 1 amide bonds. The van der Waals surface area contributed by atoms with E-state index in [1.807, 2.05) is 0 Å². The lowest BCUT2D eigenvalue weighted by Gasteiger charge is -2.06. The van der Waals surface area contributed by atoms with Crippen LogP contribution in [-0.2, 0) is 11.2 Å². The summed E-state index contributed by atoms with van der Waals surface area (Å²) in [7, 11) is 0. The maximum atomic E-state index is 10.7. The van der Waals surface area contributed by atoms with Crippen LogP contribution < -0.4 is 5.32 Å². The molecule has 1 aromatic rings. The summed E-state index contributed by atoms with van der Waals surface area (Å²) in [6, 6.07) is 4.99. The van der Waals surface area contributed by atoms with Gasteiger partial charge in [-0.3, -0.25) is 4.79 Å². The molecule has 4 nitrogen and oxygen atoms in total. The minimum atomic E-state index is -0.925. The van der Waals surface area contributed by atoms with Crippen LogP contribution >= 0.6 is 22.6 Å². The van der Waals surface area contributed by atoms with Crippen molar-refractivity contribution < 1.29 is 14.7 Å². The van der Waals surface area contributed by atoms with Crippen molar-refractivity contribution in [3.8, 4) is 0 Å². The van der Waals surface area contributed by atoms with Crippen LogP contribution in [0.5, 0.6) is 0 Å². The lowest BCUT2D eigenvalue weighted by Crippen LogP contribution is -2.22. The quantitative estimate of drug-likeness (QED) is 0.824. The molecule has 0 aliphatic heterocycles. The number of amides is 1. The van der Waals surface area contributed by atoms with E-state index in [2.05, 4.69) is 27.9 Å². The Labute approximate surface area is 107 Å². The van der Waals surface area contributed by atoms with Gasteiger partial charge in [-0.1, -0.05) is 6.07 Å². The van der Waals surface area contributed by atoms with E-state index in [4.69, 9.17) is 5.11 Å². The molecule has 0 saturated heterocycles. The summed E-state index contributed by atoms with van der Waals surface area (Å²) in [6.07, 6.45) is 0.706. The Morgan fingerprint density at radius 3 is 2.62 bits per heavy atom. The number of carbonyl (C=O) groups excluding carboxylic acids is 1. The van der Waals surface area contributed by atoms with E-state index in [0.29, 0.717) is 13.0 Å². The first-order valence-electron chi connectivity index (χ1n) is 4.77. The number of benzene rings is 1. The molecule has 0 aliphatic carbocycles. The van der Waals surface area contributed by atoms with Crippen molar-refractivity contribution in [3.05, 3.63) is 32.9 Å². The maximum absolute atomic E-state index is 10.7. The molecule has 0 unspecified atom stereocenters. The van der Waals surface area contributed by atoms with Gasteiger partial charge in [0.05, 0.1) is 5.56 Å². The van der Waals surface area contributed by atoms with Gasteiger partial charge in [-0.05, 0) is 46.7 Å². The molecule has 1 aromatic carbocycles. The topological polar surface area (TPSA) is 66.4 Å². The Bertz CT molecular complexity index is 418. The molecule has 0 fully saturated rings. The van der Waals surface area contributed by atoms with Gasteiger partial charge in [0.1, 0.15) is 0 Å². The van der Waals surface area contributed by atoms with E-state index < -0.39 is 5.97 Å². The third-order valence-electron chi connectivity index (χ3n) is 2.07. The van der Waals surface area contributed by atoms with E-state index in [1.165, 1.54) is 6.92 Å². The van der Waals surface area contributed by atoms with E-state index in [0.717, 1.165) is 9.13 Å². The summed E-state index contributed by atoms with van der Waals surface area (Å²) in [5.74, 6) is -0.983. The highest BCUT2D eigenvalue weighted by molar-refractivity contribution is 14.1. The first-order chi connectivity index (χ1) is 7.50. The van der Waals surface area contributed by atoms with Crippen molar-refractivity contribution in [2.45, 2.75) is 13.3 Å². The first-order valence-corrected chi connectivity index (χ1v) is 5.84. The van der Waals surface area contributed by atoms with Crippen LogP contribution in [0, 0.1) is 3.57 Å². The largest absolute Gasteiger partial charge is 0.478 e. The molecule has 0 spiro atoms. The minimum Gasteiger partial charge on any atom is -0.478 e. The number of halogens is 1. The van der Waals surface area contributed by atoms with Gasteiger partial charge in [-0.2, -0.15) is 0 Å². The summed E-state index contributed by atoms with van der Waals surface area (Å²) in [5, 5.41) is 11.5. The fourth-order valence-electron chi connectivity index (χ4n) is 1.26. The van der Waals surface area contributed by atoms with Gasteiger partial charge in [-0.25, -0.2) is 4.79 Å². The van der Waals surface area contributed by atoms with Crippen molar-refractivity contribution in [3.63, 3.8) is 0 Å². The van der Waals surface area contributed by atoms with Crippen molar-refractivity contribution in [1.82, 2.24) is 5.32 Å². The number of nitrogens with one attached hydrogen (secondary N) is 1. The van der Waals surface area contributed by atoms with E-state index in [-0.39, 0.29) is 11.5 Å². The Kier molecular flexibility index (Phi) is 4.72. The van der Waals surface area contributed by atoms with Gasteiger partial charge in [0.15, 0.2) is 0 Å². The van der Waals surface area contributed by atoms with Crippen LogP contribution in [0.4, 0.5) is 0 Å². The molecule has 86 valence electrons. The zero-order valence-electron chi connectivity index (χ0n) is 8.79. The van der Waals surface area contributed by atoms with Gasteiger partial charge < -0.3 is 10.4 Å². The summed E-state index contributed by atoms with van der Waals surface area (Å²) in [6.45, 7) is 2.04. The van der Waals surface area contributed by atoms with Crippen LogP contribution in [-0.4, -0.2) is 23.5 Å². The van der Waals surface area contributed by atoms with Crippen LogP contribution in [0.25, 0.3) is 0 Å². The molecule has 0 aromatic heterocycles. The van der Waals surface area contributed by atoms with Crippen LogP contribution in [0.15, 0.2) is 18.2 Å². The third-order valence-corrected chi connectivity index (χ3v) is 3.07. The summed E-state index contributed by atoms with van der Waals surface area (Å²) < 4.78 is 0.905. The molecule has 16 heavy (non-hydrogen) atoms. The predicted molar refractivity (Wildman–Crippen MR) is 68.5 cm³/mol. The van der Waals surface area contributed by atoms with Gasteiger partial charge in [0, 0.05) is 17.0 Å². The second-order valence-electron chi connectivity index (χ2n) is 3.34. The normalized spacial score (nSPS) is 9.88. The van der Waals surface area contributed by atoms with Crippen molar-refractivity contribution in [2.75, 3.05) is 6.54 Å². The Balaban J connectivity index is 2.68. The Morgan fingerprint density at radius 1 is 1.44 bits per heavy atom. The van der Waals surface area contributed by atoms with Crippen molar-refractivity contribution in [2.24, 2.45) is 0 Å². The monoisotopic (exact) mass is 333 g/mol. The highest BCUT2D eigenvalue weighted by atomic mass is 127. The number of carboxylic acids is 1. The zero-order chi connectivity index (χ0) is 12.1. The zero-order valence-corrected chi connectivity index (χ0v) is 10.9. The standard InChI is InChI=1S/C11H12INO3/c1-7(14)13-5-4-8-2-3-9(11(15)16)6-10(8)12/h2-3,6H,4-5H2,1H3,(H,13,14)(H,15,16). The first kappa shape index (κ1) is 13.0. The molecule has 0 radical (unpaired) electrons. The van der Waals surface area contributed by atoms with Crippen LogP contribution in [0.2, 0.25) is 0 Å². The molecule has 0 bridgehead atoms. The van der Waals surface area contributed by atoms with Gasteiger partial charge in [0.25, 0.3) is 0 Å². The predicted octanol–water partition coefficient (Wildman–Crippen LogP) is 1.67. The summed E-state index contributed by atoms with van der Waals surface area (Å²) in [5.41, 5.74) is 1.33. The average Bonchev–Trinajstić information content (AvgIpc) is 2.19. The molecular formula is C11H12INO3. The van der Waals surface area contributed by atoms with Gasteiger partial charge in [-0.15, -0.1) is 0 Å². The minimum absolute atomic E-state index is 0.0582. The number of hydrogen-bond donors (Lipinski definition) is 2. The van der Waals surface area contributed by atoms with E-state index >= 15 is 0 Å². The molecule has 2 N–H and O–H groups in total. The summed E-state index contributed by atoms with van der Waals surface area (Å²) >= 11 is 2.10. The number of hydrogen-bond acceptors (Lipinski definition) is 2. The molecule has 0 aliphatic rings. The highest BCUT2D eigenvalue weighted by Gasteiger charge is 2.06. The van der Waals surface area contributed by atoms with E-state index in [1.54, 1.807) is 18.2 Å². The lowest BCUT2D eigenvalue weighted by molar-refractivity contribution is -0.118. The van der Waals surface area contributed by atoms with E-state index in [9.17, 15) is 9.59 Å². The van der Waals surface area contributed by atoms with Gasteiger partial charge >= 0.3 is 5.97 Å². The maximum Gasteiger partial charge on any atom is 0.335 e. The summed E-state index contributed by atoms with van der Waals surface area (Å²) in [4.78, 5) is 21.4. The Hall–Kier alpha value is -1.11. The van der Waals surface area contributed by atoms with Crippen LogP contribution in [0.1, 0.15) is 22.8 Å². The fraction of sp³-hybridized carbons (Fsp3) is 0.273. The molecular weight excluding hydrogens is 321 g/mol. The SMILES string of the molecule is CC(=O)NCCc1ccc(C(=O)O)cc1I. The Morgan fingerprint density at radius 2 is 2.12 bits per heavy atom. The lowest BCUT2D eigenvalue weighted by atomic mass is 10.1. The third kappa shape index (κ3) is 3.80. The smallest absolute Gasteiger partial charge is 0.335 e. The molecule has 0 saturated carbocycles. The number of carbonyl (C=O) groups is 2. The average molecular weight is 333 g/mol. The number of aromatic carboxylic acids is 1. The van der Waals surface area contributed by atoms with Gasteiger partial charge in [0.2, 0.25) is 5.91 Å². The molecule has 1 rings (SSSR count). The second-order valence-corrected chi connectivity index (χ2v) is 4.51. The molecule has 0 heterocycles. The van der Waals surface area contributed by atoms with Crippen LogP contribution in [0.3, 0.4) is 0 Å². The van der Waals surface area contributed by atoms with Crippen molar-refractivity contribution >= 4 is 34.5 Å². The fourth-order valence-corrected chi connectivity index (χ4v) is 2.04. The molecule has 5 heteroatoms. The second kappa shape index (κ2) is 5.83. The van der Waals surface area contributed by atoms with Crippen molar-refractivity contribution in [1.29, 1.82) is 0 Å².